The van der Waals surface area contributed by atoms with Crippen LogP contribution in [0, 0.1) is 6.92 Å². The van der Waals surface area contributed by atoms with Crippen molar-refractivity contribution in [2.24, 2.45) is 7.05 Å². The van der Waals surface area contributed by atoms with E-state index in [0.717, 1.165) is 25.4 Å². The van der Waals surface area contributed by atoms with E-state index in [2.05, 4.69) is 40.2 Å². The van der Waals surface area contributed by atoms with Gasteiger partial charge in [-0.2, -0.15) is 5.10 Å². The fourth-order valence-electron chi connectivity index (χ4n) is 3.05. The van der Waals surface area contributed by atoms with E-state index >= 15 is 0 Å². The highest BCUT2D eigenvalue weighted by atomic mass is 16.5. The molecule has 2 unspecified atom stereocenters. The molecule has 2 aromatic heterocycles. The van der Waals surface area contributed by atoms with Gasteiger partial charge in [0.15, 0.2) is 0 Å². The van der Waals surface area contributed by atoms with Crippen molar-refractivity contribution in [1.82, 2.24) is 19.7 Å². The van der Waals surface area contributed by atoms with Crippen molar-refractivity contribution >= 4 is 0 Å². The predicted octanol–water partition coefficient (Wildman–Crippen LogP) is 3.05. The number of aromatic nitrogens is 3. The largest absolute Gasteiger partial charge is 0.492 e. The highest BCUT2D eigenvalue weighted by molar-refractivity contribution is 5.66. The molecule has 0 radical (unpaired) electrons. The summed E-state index contributed by atoms with van der Waals surface area (Å²) in [6.07, 6.45) is 7.72. The zero-order valence-electron chi connectivity index (χ0n) is 14.6. The maximum absolute atomic E-state index is 5.95. The molecule has 0 bridgehead atoms. The van der Waals surface area contributed by atoms with Crippen LogP contribution in [0.4, 0.5) is 0 Å². The normalized spacial score (nSPS) is 19.0. The van der Waals surface area contributed by atoms with Gasteiger partial charge >= 0.3 is 0 Å². The molecule has 5 nitrogen and oxygen atoms in total. The Labute approximate surface area is 147 Å². The van der Waals surface area contributed by atoms with Crippen LogP contribution < -0.4 is 4.74 Å². The van der Waals surface area contributed by atoms with Gasteiger partial charge in [0.25, 0.3) is 0 Å². The van der Waals surface area contributed by atoms with E-state index in [-0.39, 0.29) is 0 Å². The zero-order chi connectivity index (χ0) is 17.2. The summed E-state index contributed by atoms with van der Waals surface area (Å²) in [5.74, 6) is 0.915. The highest BCUT2D eigenvalue weighted by Gasteiger charge is 2.34. The third kappa shape index (κ3) is 3.72. The molecule has 1 aliphatic heterocycles. The molecular weight excluding hydrogens is 312 g/mol. The number of benzene rings is 1. The molecule has 0 N–H and O–H groups in total. The predicted molar refractivity (Wildman–Crippen MR) is 97.3 cm³/mol. The molecule has 128 valence electrons. The molecule has 4 rings (SSSR count). The fourth-order valence-corrected chi connectivity index (χ4v) is 3.05. The summed E-state index contributed by atoms with van der Waals surface area (Å²) in [6.45, 7) is 4.86. The average molecular weight is 334 g/mol. The average Bonchev–Trinajstić information content (AvgIpc) is 3.23. The van der Waals surface area contributed by atoms with E-state index < -0.39 is 0 Å². The third-order valence-corrected chi connectivity index (χ3v) is 4.62. The molecule has 0 spiro atoms. The number of pyridine rings is 1. The van der Waals surface area contributed by atoms with Crippen molar-refractivity contribution < 1.29 is 4.74 Å². The Morgan fingerprint density at radius 2 is 2.00 bits per heavy atom. The monoisotopic (exact) mass is 334 g/mol. The number of nitrogens with zero attached hydrogens (tertiary/aromatic N) is 4. The van der Waals surface area contributed by atoms with Crippen molar-refractivity contribution in [3.63, 3.8) is 0 Å². The quantitative estimate of drug-likeness (QED) is 0.650. The lowest BCUT2D eigenvalue weighted by Crippen LogP contribution is -2.10. The van der Waals surface area contributed by atoms with E-state index in [0.29, 0.717) is 6.04 Å². The van der Waals surface area contributed by atoms with Crippen LogP contribution in [0.5, 0.6) is 5.75 Å². The van der Waals surface area contributed by atoms with Crippen molar-refractivity contribution in [3.8, 4) is 16.9 Å². The summed E-state index contributed by atoms with van der Waals surface area (Å²) in [5.41, 5.74) is 4.82. The molecule has 3 aromatic rings. The Balaban J connectivity index is 1.30. The van der Waals surface area contributed by atoms with Crippen molar-refractivity contribution in [2.75, 3.05) is 13.2 Å². The van der Waals surface area contributed by atoms with Gasteiger partial charge in [0.05, 0.1) is 12.2 Å². The second-order valence-electron chi connectivity index (χ2n) is 6.63. The van der Waals surface area contributed by atoms with Crippen LogP contribution in [0.3, 0.4) is 0 Å². The molecular formula is C20H22N4O. The number of aryl methyl sites for hydroxylation is 2. The maximum atomic E-state index is 5.95. The molecule has 0 saturated carbocycles. The second kappa shape index (κ2) is 6.69. The van der Waals surface area contributed by atoms with E-state index in [9.17, 15) is 0 Å². The minimum Gasteiger partial charge on any atom is -0.492 e. The van der Waals surface area contributed by atoms with Crippen LogP contribution in [-0.4, -0.2) is 38.9 Å². The molecule has 0 aliphatic carbocycles. The first kappa shape index (κ1) is 15.8. The first-order valence-corrected chi connectivity index (χ1v) is 8.54. The van der Waals surface area contributed by atoms with E-state index in [1.807, 2.05) is 48.5 Å². The highest BCUT2D eigenvalue weighted by Crippen LogP contribution is 2.26. The summed E-state index contributed by atoms with van der Waals surface area (Å²) in [5, 5.41) is 4.21. The Morgan fingerprint density at radius 3 is 2.72 bits per heavy atom. The second-order valence-corrected chi connectivity index (χ2v) is 6.63. The number of rotatable bonds is 6. The van der Waals surface area contributed by atoms with Gasteiger partial charge < -0.3 is 4.74 Å². The maximum Gasteiger partial charge on any atom is 0.119 e. The molecule has 1 fully saturated rings. The Morgan fingerprint density at radius 1 is 1.16 bits per heavy atom. The number of ether oxygens (including phenoxy) is 1. The van der Waals surface area contributed by atoms with E-state index in [1.54, 1.807) is 0 Å². The lowest BCUT2D eigenvalue weighted by Gasteiger charge is -2.09. The summed E-state index contributed by atoms with van der Waals surface area (Å²) >= 11 is 0. The Hall–Kier alpha value is -2.66. The van der Waals surface area contributed by atoms with Gasteiger partial charge in [0, 0.05) is 49.9 Å². The lowest BCUT2D eigenvalue weighted by molar-refractivity contribution is 0.293. The van der Waals surface area contributed by atoms with Gasteiger partial charge in [0.1, 0.15) is 12.4 Å². The number of hydrogen-bond acceptors (Lipinski definition) is 4. The SMILES string of the molecule is Cc1ccncc1-c1ccc(OCC2CN2Cc2cnn(C)c2)cc1. The molecule has 1 aliphatic rings. The van der Waals surface area contributed by atoms with Crippen LogP contribution in [-0.2, 0) is 13.6 Å². The Kier molecular flexibility index (Phi) is 4.24. The standard InChI is InChI=1S/C20H22N4O/c1-15-7-8-21-10-20(15)17-3-5-19(6-4-17)25-14-18-13-24(18)12-16-9-22-23(2)11-16/h3-11,18H,12-14H2,1-2H3. The molecule has 3 heterocycles. The molecule has 0 amide bonds. The molecule has 5 heteroatoms. The molecule has 1 aromatic carbocycles. The van der Waals surface area contributed by atoms with Crippen LogP contribution in [0.1, 0.15) is 11.1 Å². The summed E-state index contributed by atoms with van der Waals surface area (Å²) in [6, 6.07) is 10.8. The van der Waals surface area contributed by atoms with Gasteiger partial charge in [-0.25, -0.2) is 0 Å². The smallest absolute Gasteiger partial charge is 0.119 e. The summed E-state index contributed by atoms with van der Waals surface area (Å²) in [4.78, 5) is 6.61. The molecule has 25 heavy (non-hydrogen) atoms. The van der Waals surface area contributed by atoms with Crippen LogP contribution in [0.2, 0.25) is 0 Å². The van der Waals surface area contributed by atoms with Crippen LogP contribution in [0.15, 0.2) is 55.1 Å². The van der Waals surface area contributed by atoms with Gasteiger partial charge in [-0.15, -0.1) is 0 Å². The van der Waals surface area contributed by atoms with Crippen molar-refractivity contribution in [2.45, 2.75) is 19.5 Å². The lowest BCUT2D eigenvalue weighted by atomic mass is 10.0. The van der Waals surface area contributed by atoms with Gasteiger partial charge in [0.2, 0.25) is 0 Å². The summed E-state index contributed by atoms with van der Waals surface area (Å²) < 4.78 is 7.79. The van der Waals surface area contributed by atoms with Crippen LogP contribution >= 0.6 is 0 Å². The third-order valence-electron chi connectivity index (χ3n) is 4.62. The Bertz CT molecular complexity index is 856. The summed E-state index contributed by atoms with van der Waals surface area (Å²) in [7, 11) is 1.95. The first-order valence-electron chi connectivity index (χ1n) is 8.54. The minimum atomic E-state index is 0.500. The van der Waals surface area contributed by atoms with Gasteiger partial charge in [-0.1, -0.05) is 12.1 Å². The van der Waals surface area contributed by atoms with Gasteiger partial charge in [-0.3, -0.25) is 14.6 Å². The minimum absolute atomic E-state index is 0.500. The molecule has 2 atom stereocenters. The van der Waals surface area contributed by atoms with Crippen LogP contribution in [0.25, 0.3) is 11.1 Å². The molecule has 1 saturated heterocycles. The van der Waals surface area contributed by atoms with Gasteiger partial charge in [-0.05, 0) is 36.2 Å². The van der Waals surface area contributed by atoms with E-state index in [1.165, 1.54) is 22.3 Å². The fraction of sp³-hybridized carbons (Fsp3) is 0.300. The van der Waals surface area contributed by atoms with E-state index in [4.69, 9.17) is 4.74 Å². The first-order chi connectivity index (χ1) is 12.2. The van der Waals surface area contributed by atoms with Crippen molar-refractivity contribution in [1.29, 1.82) is 0 Å². The van der Waals surface area contributed by atoms with Crippen molar-refractivity contribution in [3.05, 3.63) is 66.2 Å². The topological polar surface area (TPSA) is 43.0 Å². The zero-order valence-corrected chi connectivity index (χ0v) is 14.6. The number of hydrogen-bond donors (Lipinski definition) is 0.